The maximum absolute atomic E-state index is 14.5. The van der Waals surface area contributed by atoms with Gasteiger partial charge in [0.1, 0.15) is 17.7 Å². The molecular formula is C21H27ClFN5O3S2. The van der Waals surface area contributed by atoms with E-state index >= 15 is 0 Å². The van der Waals surface area contributed by atoms with Crippen LogP contribution in [-0.4, -0.2) is 66.6 Å². The van der Waals surface area contributed by atoms with Gasteiger partial charge in [-0.2, -0.15) is 4.37 Å². The molecule has 4 rings (SSSR count). The van der Waals surface area contributed by atoms with E-state index < -0.39 is 21.7 Å². The van der Waals surface area contributed by atoms with Gasteiger partial charge in [0, 0.05) is 49.4 Å². The third-order valence-corrected chi connectivity index (χ3v) is 8.47. The molecule has 33 heavy (non-hydrogen) atoms. The number of anilines is 2. The zero-order chi connectivity index (χ0) is 23.9. The van der Waals surface area contributed by atoms with Gasteiger partial charge in [0.2, 0.25) is 11.0 Å². The van der Waals surface area contributed by atoms with Crippen molar-refractivity contribution >= 4 is 49.7 Å². The van der Waals surface area contributed by atoms with Crippen molar-refractivity contribution in [3.63, 3.8) is 0 Å². The lowest BCUT2D eigenvalue weighted by atomic mass is 10.0. The van der Waals surface area contributed by atoms with Crippen molar-refractivity contribution in [2.45, 2.75) is 56.0 Å². The molecular weight excluding hydrogens is 489 g/mol. The second-order valence-electron chi connectivity index (χ2n) is 8.86. The zero-order valence-electron chi connectivity index (χ0n) is 18.7. The van der Waals surface area contributed by atoms with Gasteiger partial charge in [0.05, 0.1) is 15.6 Å². The second kappa shape index (κ2) is 9.34. The van der Waals surface area contributed by atoms with Gasteiger partial charge >= 0.3 is 0 Å². The SMILES string of the molecule is CC(C)c1nsc(N2CCC(N3CCC(Nc4cc(Cl)c(S(C)(=O)=O)cc4F)C3=O)CC2)n1. The first-order valence-electron chi connectivity index (χ1n) is 10.9. The molecule has 0 radical (unpaired) electrons. The number of carbonyl (C=O) groups excluding carboxylic acids is 1. The number of likely N-dealkylation sites (tertiary alicyclic amines) is 1. The predicted octanol–water partition coefficient (Wildman–Crippen LogP) is 3.54. The number of amides is 1. The van der Waals surface area contributed by atoms with Crippen LogP contribution in [-0.2, 0) is 14.6 Å². The molecule has 0 aliphatic carbocycles. The van der Waals surface area contributed by atoms with Crippen LogP contribution < -0.4 is 10.2 Å². The summed E-state index contributed by atoms with van der Waals surface area (Å²) >= 11 is 7.46. The van der Waals surface area contributed by atoms with Crippen LogP contribution in [0.2, 0.25) is 5.02 Å². The zero-order valence-corrected chi connectivity index (χ0v) is 21.1. The first-order chi connectivity index (χ1) is 15.5. The lowest BCUT2D eigenvalue weighted by Crippen LogP contribution is -2.47. The molecule has 1 atom stereocenters. The lowest BCUT2D eigenvalue weighted by molar-refractivity contribution is -0.130. The molecule has 180 valence electrons. The number of piperidine rings is 1. The van der Waals surface area contributed by atoms with E-state index in [1.807, 2.05) is 4.90 Å². The van der Waals surface area contributed by atoms with Gasteiger partial charge < -0.3 is 15.1 Å². The number of nitrogens with zero attached hydrogens (tertiary/aromatic N) is 4. The molecule has 2 saturated heterocycles. The Hall–Kier alpha value is -1.98. The number of hydrogen-bond acceptors (Lipinski definition) is 8. The van der Waals surface area contributed by atoms with Gasteiger partial charge in [-0.25, -0.2) is 17.8 Å². The highest BCUT2D eigenvalue weighted by atomic mass is 35.5. The minimum absolute atomic E-state index is 0.0274. The molecule has 8 nitrogen and oxygen atoms in total. The average Bonchev–Trinajstić information content (AvgIpc) is 3.38. The predicted molar refractivity (Wildman–Crippen MR) is 127 cm³/mol. The molecule has 1 N–H and O–H groups in total. The van der Waals surface area contributed by atoms with E-state index in [-0.39, 0.29) is 27.6 Å². The van der Waals surface area contributed by atoms with Gasteiger partial charge in [-0.05, 0) is 31.4 Å². The van der Waals surface area contributed by atoms with E-state index in [1.54, 1.807) is 0 Å². The van der Waals surface area contributed by atoms with Crippen molar-refractivity contribution in [3.8, 4) is 0 Å². The highest BCUT2D eigenvalue weighted by Gasteiger charge is 2.38. The molecule has 1 aromatic carbocycles. The van der Waals surface area contributed by atoms with E-state index in [4.69, 9.17) is 11.6 Å². The van der Waals surface area contributed by atoms with Crippen LogP contribution in [0.1, 0.15) is 44.9 Å². The van der Waals surface area contributed by atoms with Crippen LogP contribution in [0.4, 0.5) is 15.2 Å². The summed E-state index contributed by atoms with van der Waals surface area (Å²) in [7, 11) is -3.65. The molecule has 2 aliphatic heterocycles. The molecule has 2 fully saturated rings. The largest absolute Gasteiger partial charge is 0.371 e. The summed E-state index contributed by atoms with van der Waals surface area (Å²) < 4.78 is 42.4. The first-order valence-corrected chi connectivity index (χ1v) is 13.9. The summed E-state index contributed by atoms with van der Waals surface area (Å²) in [5.41, 5.74) is 0.0274. The Labute approximate surface area is 202 Å². The number of hydrogen-bond donors (Lipinski definition) is 1. The van der Waals surface area contributed by atoms with Crippen molar-refractivity contribution in [1.29, 1.82) is 0 Å². The maximum Gasteiger partial charge on any atom is 0.245 e. The Morgan fingerprint density at radius 3 is 2.52 bits per heavy atom. The highest BCUT2D eigenvalue weighted by Crippen LogP contribution is 2.31. The fourth-order valence-electron chi connectivity index (χ4n) is 4.27. The smallest absolute Gasteiger partial charge is 0.245 e. The summed E-state index contributed by atoms with van der Waals surface area (Å²) in [5.74, 6) is 0.325. The topological polar surface area (TPSA) is 95.5 Å². The Kier molecular flexibility index (Phi) is 6.84. The number of rotatable bonds is 6. The van der Waals surface area contributed by atoms with Crippen molar-refractivity contribution in [2.24, 2.45) is 0 Å². The van der Waals surface area contributed by atoms with Gasteiger partial charge in [-0.3, -0.25) is 4.79 Å². The van der Waals surface area contributed by atoms with Gasteiger partial charge in [-0.1, -0.05) is 25.4 Å². The minimum Gasteiger partial charge on any atom is -0.371 e. The molecule has 0 saturated carbocycles. The van der Waals surface area contributed by atoms with Crippen LogP contribution in [0.3, 0.4) is 0 Å². The molecule has 0 spiro atoms. The molecule has 1 aromatic heterocycles. The van der Waals surface area contributed by atoms with E-state index in [1.165, 1.54) is 17.6 Å². The van der Waals surface area contributed by atoms with E-state index in [2.05, 4.69) is 33.4 Å². The Morgan fingerprint density at radius 1 is 1.21 bits per heavy atom. The monoisotopic (exact) mass is 515 g/mol. The van der Waals surface area contributed by atoms with Gasteiger partial charge in [0.15, 0.2) is 9.84 Å². The van der Waals surface area contributed by atoms with E-state index in [0.29, 0.717) is 18.9 Å². The number of aromatic nitrogens is 2. The third kappa shape index (κ3) is 5.09. The summed E-state index contributed by atoms with van der Waals surface area (Å²) in [6.45, 7) is 6.34. The Morgan fingerprint density at radius 2 is 1.91 bits per heavy atom. The van der Waals surface area contributed by atoms with Crippen molar-refractivity contribution in [1.82, 2.24) is 14.3 Å². The fraction of sp³-hybridized carbons (Fsp3) is 0.571. The average molecular weight is 516 g/mol. The van der Waals surface area contributed by atoms with Gasteiger partial charge in [0.25, 0.3) is 0 Å². The molecule has 2 aromatic rings. The van der Waals surface area contributed by atoms with Crippen molar-refractivity contribution in [2.75, 3.05) is 36.1 Å². The summed E-state index contributed by atoms with van der Waals surface area (Å²) in [6.07, 6.45) is 3.17. The summed E-state index contributed by atoms with van der Waals surface area (Å²) in [5, 5.41) is 3.77. The van der Waals surface area contributed by atoms with Crippen molar-refractivity contribution < 1.29 is 17.6 Å². The first kappa shape index (κ1) is 24.2. The van der Waals surface area contributed by atoms with Crippen LogP contribution in [0.25, 0.3) is 0 Å². The molecule has 0 bridgehead atoms. The molecule has 12 heteroatoms. The molecule has 1 amide bonds. The molecule has 1 unspecified atom stereocenters. The van der Waals surface area contributed by atoms with Crippen LogP contribution >= 0.6 is 23.1 Å². The summed E-state index contributed by atoms with van der Waals surface area (Å²) in [4.78, 5) is 21.5. The Balaban J connectivity index is 1.37. The maximum atomic E-state index is 14.5. The molecule has 2 aliphatic rings. The normalized spacial score (nSPS) is 20.2. The number of nitrogens with one attached hydrogen (secondary N) is 1. The quantitative estimate of drug-likeness (QED) is 0.628. The van der Waals surface area contributed by atoms with Crippen LogP contribution in [0, 0.1) is 5.82 Å². The fourth-order valence-corrected chi connectivity index (χ4v) is 6.44. The van der Waals surface area contributed by atoms with Crippen LogP contribution in [0.5, 0.6) is 0 Å². The Bertz CT molecular complexity index is 1150. The standard InChI is InChI=1S/C21H27ClFN5O3S2/c1-12(2)19-25-21(32-26-19)27-7-4-13(5-8-27)28-9-6-16(20(28)29)24-17-10-14(22)18(11-15(17)23)33(3,30)31/h10-13,16,24H,4-9H2,1-3H3. The lowest BCUT2D eigenvalue weighted by Gasteiger charge is -2.36. The van der Waals surface area contributed by atoms with Gasteiger partial charge in [-0.15, -0.1) is 0 Å². The minimum atomic E-state index is -3.65. The van der Waals surface area contributed by atoms with Crippen molar-refractivity contribution in [3.05, 3.63) is 28.8 Å². The highest BCUT2D eigenvalue weighted by molar-refractivity contribution is 7.90. The number of sulfone groups is 1. The third-order valence-electron chi connectivity index (χ3n) is 6.11. The molecule has 3 heterocycles. The van der Waals surface area contributed by atoms with E-state index in [9.17, 15) is 17.6 Å². The number of halogens is 2. The number of benzene rings is 1. The second-order valence-corrected chi connectivity index (χ2v) is 12.0. The summed E-state index contributed by atoms with van der Waals surface area (Å²) in [6, 6.07) is 1.67. The number of carbonyl (C=O) groups is 1. The van der Waals surface area contributed by atoms with Crippen LogP contribution in [0.15, 0.2) is 17.0 Å². The van der Waals surface area contributed by atoms with E-state index in [0.717, 1.165) is 49.2 Å².